The van der Waals surface area contributed by atoms with Crippen LogP contribution in [0.4, 0.5) is 5.69 Å². The summed E-state index contributed by atoms with van der Waals surface area (Å²) in [6.07, 6.45) is 1.28. The van der Waals surface area contributed by atoms with E-state index in [0.717, 1.165) is 16.9 Å². The standard InChI is InChI=1S/C13H16N2O2S/c1-9-4-5-10(14)7-11(9)18-8-13(17)15-6-2-3-12(15)16/h4-5,7H,2-3,6,8,14H2,1H3. The number of carbonyl (C=O) groups is 2. The van der Waals surface area contributed by atoms with Gasteiger partial charge in [-0.1, -0.05) is 6.07 Å². The maximum absolute atomic E-state index is 11.9. The predicted octanol–water partition coefficient (Wildman–Crippen LogP) is 1.82. The average molecular weight is 264 g/mol. The van der Waals surface area contributed by atoms with E-state index in [1.54, 1.807) is 0 Å². The second-order valence-corrected chi connectivity index (χ2v) is 5.37. The van der Waals surface area contributed by atoms with Gasteiger partial charge in [0.05, 0.1) is 5.75 Å². The van der Waals surface area contributed by atoms with Gasteiger partial charge in [0.1, 0.15) is 0 Å². The smallest absolute Gasteiger partial charge is 0.239 e. The highest BCUT2D eigenvalue weighted by atomic mass is 32.2. The van der Waals surface area contributed by atoms with Crippen LogP contribution in [0.5, 0.6) is 0 Å². The van der Waals surface area contributed by atoms with Crippen LogP contribution in [-0.4, -0.2) is 29.0 Å². The number of hydrogen-bond donors (Lipinski definition) is 1. The van der Waals surface area contributed by atoms with Gasteiger partial charge in [0.15, 0.2) is 0 Å². The van der Waals surface area contributed by atoms with Gasteiger partial charge < -0.3 is 5.73 Å². The van der Waals surface area contributed by atoms with Crippen molar-refractivity contribution in [3.05, 3.63) is 23.8 Å². The molecular weight excluding hydrogens is 248 g/mol. The number of nitrogens with zero attached hydrogens (tertiary/aromatic N) is 1. The van der Waals surface area contributed by atoms with E-state index in [1.807, 2.05) is 25.1 Å². The molecule has 1 aliphatic rings. The fourth-order valence-electron chi connectivity index (χ4n) is 1.90. The third-order valence-corrected chi connectivity index (χ3v) is 4.08. The monoisotopic (exact) mass is 264 g/mol. The highest BCUT2D eigenvalue weighted by Crippen LogP contribution is 2.25. The first kappa shape index (κ1) is 13.0. The van der Waals surface area contributed by atoms with Gasteiger partial charge in [-0.3, -0.25) is 14.5 Å². The molecule has 0 radical (unpaired) electrons. The molecule has 0 aromatic heterocycles. The van der Waals surface area contributed by atoms with E-state index in [9.17, 15) is 9.59 Å². The first-order valence-electron chi connectivity index (χ1n) is 5.90. The third kappa shape index (κ3) is 2.85. The summed E-state index contributed by atoms with van der Waals surface area (Å²) < 4.78 is 0. The summed E-state index contributed by atoms with van der Waals surface area (Å²) in [7, 11) is 0. The number of imide groups is 1. The number of thioether (sulfide) groups is 1. The molecule has 0 spiro atoms. The van der Waals surface area contributed by atoms with Crippen molar-refractivity contribution in [2.45, 2.75) is 24.7 Å². The Hall–Kier alpha value is -1.49. The van der Waals surface area contributed by atoms with E-state index in [2.05, 4.69) is 0 Å². The fraction of sp³-hybridized carbons (Fsp3) is 0.385. The first-order valence-corrected chi connectivity index (χ1v) is 6.88. The zero-order chi connectivity index (χ0) is 13.1. The van der Waals surface area contributed by atoms with Gasteiger partial charge in [-0.15, -0.1) is 11.8 Å². The molecule has 1 aromatic rings. The molecule has 0 unspecified atom stereocenters. The Morgan fingerprint density at radius 2 is 2.28 bits per heavy atom. The molecule has 0 saturated carbocycles. The van der Waals surface area contributed by atoms with E-state index in [1.165, 1.54) is 16.7 Å². The summed E-state index contributed by atoms with van der Waals surface area (Å²) in [6, 6.07) is 5.63. The van der Waals surface area contributed by atoms with Crippen molar-refractivity contribution in [1.82, 2.24) is 4.90 Å². The zero-order valence-corrected chi connectivity index (χ0v) is 11.1. The zero-order valence-electron chi connectivity index (χ0n) is 10.3. The molecule has 1 saturated heterocycles. The lowest BCUT2D eigenvalue weighted by Gasteiger charge is -2.13. The molecular formula is C13H16N2O2S. The number of nitrogen functional groups attached to an aromatic ring is 1. The number of carbonyl (C=O) groups excluding carboxylic acids is 2. The lowest BCUT2D eigenvalue weighted by Crippen LogP contribution is -2.33. The molecule has 96 valence electrons. The van der Waals surface area contributed by atoms with Gasteiger partial charge in [-0.05, 0) is 31.0 Å². The van der Waals surface area contributed by atoms with Crippen LogP contribution >= 0.6 is 11.8 Å². The summed E-state index contributed by atoms with van der Waals surface area (Å²) in [4.78, 5) is 25.7. The topological polar surface area (TPSA) is 63.4 Å². The van der Waals surface area contributed by atoms with Crippen LogP contribution in [0, 0.1) is 6.92 Å². The van der Waals surface area contributed by atoms with Crippen LogP contribution in [-0.2, 0) is 9.59 Å². The van der Waals surface area contributed by atoms with Crippen molar-refractivity contribution in [2.24, 2.45) is 0 Å². The summed E-state index contributed by atoms with van der Waals surface area (Å²) in [5.41, 5.74) is 7.50. The van der Waals surface area contributed by atoms with E-state index in [0.29, 0.717) is 18.7 Å². The maximum Gasteiger partial charge on any atom is 0.239 e. The number of rotatable bonds is 3. The average Bonchev–Trinajstić information content (AvgIpc) is 2.76. The van der Waals surface area contributed by atoms with E-state index < -0.39 is 0 Å². The number of likely N-dealkylation sites (tertiary alicyclic amines) is 1. The second-order valence-electron chi connectivity index (χ2n) is 4.36. The Bertz CT molecular complexity index is 488. The van der Waals surface area contributed by atoms with Crippen molar-refractivity contribution in [2.75, 3.05) is 18.0 Å². The predicted molar refractivity (Wildman–Crippen MR) is 72.3 cm³/mol. The van der Waals surface area contributed by atoms with Gasteiger partial charge in [0.25, 0.3) is 0 Å². The minimum Gasteiger partial charge on any atom is -0.399 e. The number of anilines is 1. The Balaban J connectivity index is 1.97. The molecule has 2 N–H and O–H groups in total. The van der Waals surface area contributed by atoms with Crippen LogP contribution in [0.25, 0.3) is 0 Å². The third-order valence-electron chi connectivity index (χ3n) is 2.94. The van der Waals surface area contributed by atoms with Gasteiger partial charge >= 0.3 is 0 Å². The fourth-order valence-corrected chi connectivity index (χ4v) is 2.85. The van der Waals surface area contributed by atoms with Crippen LogP contribution in [0.1, 0.15) is 18.4 Å². The Morgan fingerprint density at radius 1 is 1.50 bits per heavy atom. The SMILES string of the molecule is Cc1ccc(N)cc1SCC(=O)N1CCCC1=O. The van der Waals surface area contributed by atoms with Crippen molar-refractivity contribution >= 4 is 29.3 Å². The van der Waals surface area contributed by atoms with Gasteiger partial charge in [-0.2, -0.15) is 0 Å². The number of benzene rings is 1. The van der Waals surface area contributed by atoms with E-state index >= 15 is 0 Å². The number of aryl methyl sites for hydroxylation is 1. The molecule has 0 aliphatic carbocycles. The molecule has 18 heavy (non-hydrogen) atoms. The van der Waals surface area contributed by atoms with Gasteiger partial charge in [0, 0.05) is 23.5 Å². The molecule has 2 rings (SSSR count). The van der Waals surface area contributed by atoms with Crippen molar-refractivity contribution in [3.8, 4) is 0 Å². The molecule has 4 nitrogen and oxygen atoms in total. The molecule has 0 bridgehead atoms. The molecule has 1 heterocycles. The van der Waals surface area contributed by atoms with Crippen LogP contribution in [0.3, 0.4) is 0 Å². The Morgan fingerprint density at radius 3 is 2.94 bits per heavy atom. The largest absolute Gasteiger partial charge is 0.399 e. The van der Waals surface area contributed by atoms with Gasteiger partial charge in [0.2, 0.25) is 11.8 Å². The van der Waals surface area contributed by atoms with Crippen LogP contribution < -0.4 is 5.73 Å². The molecule has 5 heteroatoms. The van der Waals surface area contributed by atoms with Crippen molar-refractivity contribution in [1.29, 1.82) is 0 Å². The summed E-state index contributed by atoms with van der Waals surface area (Å²) in [5.74, 6) is 0.130. The number of hydrogen-bond acceptors (Lipinski definition) is 4. The molecule has 1 aliphatic heterocycles. The Kier molecular flexibility index (Phi) is 3.91. The minimum atomic E-state index is -0.107. The van der Waals surface area contributed by atoms with Gasteiger partial charge in [-0.25, -0.2) is 0 Å². The second kappa shape index (κ2) is 5.44. The van der Waals surface area contributed by atoms with Crippen LogP contribution in [0.2, 0.25) is 0 Å². The normalized spacial score (nSPS) is 15.2. The minimum absolute atomic E-state index is 0.0510. The highest BCUT2D eigenvalue weighted by molar-refractivity contribution is 8.00. The van der Waals surface area contributed by atoms with E-state index in [-0.39, 0.29) is 17.6 Å². The van der Waals surface area contributed by atoms with E-state index in [4.69, 9.17) is 5.73 Å². The summed E-state index contributed by atoms with van der Waals surface area (Å²) in [5, 5.41) is 0. The quantitative estimate of drug-likeness (QED) is 0.668. The summed E-state index contributed by atoms with van der Waals surface area (Å²) in [6.45, 7) is 2.54. The molecule has 2 amide bonds. The molecule has 1 aromatic carbocycles. The first-order chi connectivity index (χ1) is 8.58. The number of nitrogens with two attached hydrogens (primary N) is 1. The van der Waals surface area contributed by atoms with Crippen LogP contribution in [0.15, 0.2) is 23.1 Å². The van der Waals surface area contributed by atoms with Crippen molar-refractivity contribution < 1.29 is 9.59 Å². The summed E-state index contributed by atoms with van der Waals surface area (Å²) >= 11 is 1.43. The van der Waals surface area contributed by atoms with Crippen molar-refractivity contribution in [3.63, 3.8) is 0 Å². The molecule has 1 fully saturated rings. The molecule has 0 atom stereocenters. The number of amides is 2. The lowest BCUT2D eigenvalue weighted by molar-refractivity contribution is -0.140. The highest BCUT2D eigenvalue weighted by Gasteiger charge is 2.26. The maximum atomic E-state index is 11.9. The Labute approximate surface area is 111 Å². The lowest BCUT2D eigenvalue weighted by atomic mass is 10.2.